The molecule has 1 nitrogen and oxygen atoms in total. The van der Waals surface area contributed by atoms with Crippen LogP contribution in [-0.4, -0.2) is 6.61 Å². The SMILES string of the molecule is CC=CCCC1CCC(c2ccc(-c3ccc(-c4ccc(CCCCCCCC)c(F)c4F)cc3)c(F)c2)OC1. The topological polar surface area (TPSA) is 9.23 Å². The quantitative estimate of drug-likeness (QED) is 0.152. The molecule has 4 heteroatoms. The molecule has 0 saturated carbocycles. The highest BCUT2D eigenvalue weighted by Crippen LogP contribution is 2.35. The average molecular weight is 549 g/mol. The number of ether oxygens (including phenoxy) is 1. The monoisotopic (exact) mass is 548 g/mol. The van der Waals surface area contributed by atoms with Gasteiger partial charge in [-0.05, 0) is 79.7 Å². The van der Waals surface area contributed by atoms with Gasteiger partial charge in [0.2, 0.25) is 0 Å². The van der Waals surface area contributed by atoms with Crippen LogP contribution in [0.3, 0.4) is 0 Å². The summed E-state index contributed by atoms with van der Waals surface area (Å²) in [5, 5.41) is 0. The van der Waals surface area contributed by atoms with Crippen LogP contribution in [0.5, 0.6) is 0 Å². The fourth-order valence-corrected chi connectivity index (χ4v) is 5.69. The summed E-state index contributed by atoms with van der Waals surface area (Å²) in [4.78, 5) is 0. The zero-order valence-corrected chi connectivity index (χ0v) is 24.0. The molecule has 214 valence electrons. The Kier molecular flexibility index (Phi) is 11.5. The van der Waals surface area contributed by atoms with E-state index in [0.717, 1.165) is 50.5 Å². The van der Waals surface area contributed by atoms with Crippen LogP contribution in [0, 0.1) is 23.4 Å². The summed E-state index contributed by atoms with van der Waals surface area (Å²) in [7, 11) is 0. The summed E-state index contributed by atoms with van der Waals surface area (Å²) < 4.78 is 51.1. The van der Waals surface area contributed by atoms with Gasteiger partial charge in [-0.15, -0.1) is 0 Å². The Morgan fingerprint density at radius 1 is 0.800 bits per heavy atom. The first-order chi connectivity index (χ1) is 19.5. The summed E-state index contributed by atoms with van der Waals surface area (Å²) >= 11 is 0. The lowest BCUT2D eigenvalue weighted by molar-refractivity contribution is -0.0191. The van der Waals surface area contributed by atoms with Crippen LogP contribution in [0.15, 0.2) is 66.7 Å². The Bertz CT molecular complexity index is 1240. The van der Waals surface area contributed by atoms with Crippen LogP contribution in [0.1, 0.15) is 95.3 Å². The van der Waals surface area contributed by atoms with E-state index in [1.807, 2.05) is 13.0 Å². The third-order valence-electron chi connectivity index (χ3n) is 8.18. The van der Waals surface area contributed by atoms with Crippen molar-refractivity contribution in [3.63, 3.8) is 0 Å². The number of allylic oxidation sites excluding steroid dienone is 2. The molecule has 2 atom stereocenters. The van der Waals surface area contributed by atoms with Crippen molar-refractivity contribution in [2.75, 3.05) is 6.61 Å². The molecule has 1 fully saturated rings. The van der Waals surface area contributed by atoms with Gasteiger partial charge in [-0.25, -0.2) is 13.2 Å². The first-order valence-electron chi connectivity index (χ1n) is 15.1. The lowest BCUT2D eigenvalue weighted by Crippen LogP contribution is -2.20. The van der Waals surface area contributed by atoms with Crippen LogP contribution in [-0.2, 0) is 11.2 Å². The van der Waals surface area contributed by atoms with Gasteiger partial charge in [-0.3, -0.25) is 0 Å². The lowest BCUT2D eigenvalue weighted by Gasteiger charge is -2.29. The van der Waals surface area contributed by atoms with Gasteiger partial charge in [-0.1, -0.05) is 99.7 Å². The highest BCUT2D eigenvalue weighted by atomic mass is 19.2. The summed E-state index contributed by atoms with van der Waals surface area (Å²) in [6, 6.07) is 15.6. The summed E-state index contributed by atoms with van der Waals surface area (Å²) in [5.74, 6) is -1.32. The lowest BCUT2D eigenvalue weighted by atomic mass is 9.90. The second kappa shape index (κ2) is 15.2. The molecule has 40 heavy (non-hydrogen) atoms. The summed E-state index contributed by atoms with van der Waals surface area (Å²) in [6.07, 6.45) is 15.6. The van der Waals surface area contributed by atoms with Gasteiger partial charge in [0.25, 0.3) is 0 Å². The third-order valence-corrected chi connectivity index (χ3v) is 8.18. The number of hydrogen-bond donors (Lipinski definition) is 0. The van der Waals surface area contributed by atoms with Crippen molar-refractivity contribution >= 4 is 0 Å². The maximum absolute atomic E-state index is 15.2. The fourth-order valence-electron chi connectivity index (χ4n) is 5.69. The predicted octanol–water partition coefficient (Wildman–Crippen LogP) is 11.2. The molecular weight excluding hydrogens is 505 g/mol. The molecule has 0 aliphatic carbocycles. The molecule has 0 radical (unpaired) electrons. The van der Waals surface area contributed by atoms with Gasteiger partial charge < -0.3 is 4.74 Å². The van der Waals surface area contributed by atoms with Crippen LogP contribution < -0.4 is 0 Å². The van der Waals surface area contributed by atoms with Crippen molar-refractivity contribution in [2.45, 2.75) is 90.6 Å². The Balaban J connectivity index is 1.38. The Morgan fingerprint density at radius 3 is 2.17 bits per heavy atom. The molecule has 0 bridgehead atoms. The van der Waals surface area contributed by atoms with E-state index in [1.54, 1.807) is 48.5 Å². The molecule has 1 saturated heterocycles. The van der Waals surface area contributed by atoms with E-state index < -0.39 is 11.6 Å². The van der Waals surface area contributed by atoms with Gasteiger partial charge in [-0.2, -0.15) is 0 Å². The summed E-state index contributed by atoms with van der Waals surface area (Å²) in [5.41, 5.74) is 3.27. The zero-order chi connectivity index (χ0) is 28.3. The zero-order valence-electron chi connectivity index (χ0n) is 24.0. The van der Waals surface area contributed by atoms with Crippen molar-refractivity contribution in [2.24, 2.45) is 5.92 Å². The number of rotatable bonds is 13. The van der Waals surface area contributed by atoms with Crippen molar-refractivity contribution in [1.29, 1.82) is 0 Å². The smallest absolute Gasteiger partial charge is 0.166 e. The standard InChI is InChI=1S/C36H43F3O/c1-3-5-7-8-9-11-13-29-19-22-32(36(39)35(29)38)28-17-15-27(16-18-28)31-21-20-30(24-33(31)37)34-23-14-26(25-40-34)12-10-6-4-2/h4,6,15-22,24,26,34H,3,5,7-14,23,25H2,1-2H3. The minimum absolute atomic E-state index is 0.0780. The Hall–Kier alpha value is -2.85. The molecule has 0 amide bonds. The minimum atomic E-state index is -0.816. The van der Waals surface area contributed by atoms with Gasteiger partial charge in [0, 0.05) is 11.1 Å². The first-order valence-corrected chi connectivity index (χ1v) is 15.1. The van der Waals surface area contributed by atoms with E-state index in [9.17, 15) is 8.78 Å². The molecule has 1 heterocycles. The van der Waals surface area contributed by atoms with E-state index in [-0.39, 0.29) is 17.5 Å². The van der Waals surface area contributed by atoms with Crippen molar-refractivity contribution in [3.05, 3.63) is 95.3 Å². The molecule has 1 aliphatic rings. The molecule has 0 aromatic heterocycles. The Morgan fingerprint density at radius 2 is 1.50 bits per heavy atom. The molecule has 0 N–H and O–H groups in total. The van der Waals surface area contributed by atoms with Crippen molar-refractivity contribution in [1.82, 2.24) is 0 Å². The second-order valence-corrected chi connectivity index (χ2v) is 11.1. The number of unbranched alkanes of at least 4 members (excludes halogenated alkanes) is 5. The molecule has 2 unspecified atom stereocenters. The van der Waals surface area contributed by atoms with Crippen molar-refractivity contribution in [3.8, 4) is 22.3 Å². The first kappa shape index (κ1) is 30.1. The predicted molar refractivity (Wildman–Crippen MR) is 160 cm³/mol. The van der Waals surface area contributed by atoms with Crippen LogP contribution in [0.25, 0.3) is 22.3 Å². The molecule has 4 rings (SSSR count). The van der Waals surface area contributed by atoms with Crippen molar-refractivity contribution < 1.29 is 17.9 Å². The van der Waals surface area contributed by atoms with Gasteiger partial charge >= 0.3 is 0 Å². The normalized spacial score (nSPS) is 17.5. The average Bonchev–Trinajstić information content (AvgIpc) is 2.98. The van der Waals surface area contributed by atoms with E-state index in [2.05, 4.69) is 19.1 Å². The molecule has 0 spiro atoms. The maximum atomic E-state index is 15.2. The maximum Gasteiger partial charge on any atom is 0.166 e. The van der Waals surface area contributed by atoms with E-state index in [1.165, 1.54) is 19.3 Å². The highest BCUT2D eigenvalue weighted by Gasteiger charge is 2.23. The molecule has 1 aliphatic heterocycles. The number of aryl methyl sites for hydroxylation is 1. The highest BCUT2D eigenvalue weighted by molar-refractivity contribution is 5.71. The number of benzene rings is 3. The van der Waals surface area contributed by atoms with Gasteiger partial charge in [0.15, 0.2) is 11.6 Å². The second-order valence-electron chi connectivity index (χ2n) is 11.1. The molecular formula is C36H43F3O. The number of halogens is 3. The van der Waals surface area contributed by atoms with E-state index >= 15 is 4.39 Å². The van der Waals surface area contributed by atoms with E-state index in [0.29, 0.717) is 41.2 Å². The van der Waals surface area contributed by atoms with Crippen LogP contribution >= 0.6 is 0 Å². The number of hydrogen-bond acceptors (Lipinski definition) is 1. The largest absolute Gasteiger partial charge is 0.373 e. The van der Waals surface area contributed by atoms with Gasteiger partial charge in [0.1, 0.15) is 5.82 Å². The van der Waals surface area contributed by atoms with Gasteiger partial charge in [0.05, 0.1) is 12.7 Å². The molecule has 3 aromatic rings. The Labute approximate surface area is 238 Å². The summed E-state index contributed by atoms with van der Waals surface area (Å²) in [6.45, 7) is 4.93. The minimum Gasteiger partial charge on any atom is -0.373 e. The fraction of sp³-hybridized carbons (Fsp3) is 0.444. The van der Waals surface area contributed by atoms with E-state index in [4.69, 9.17) is 4.74 Å². The third kappa shape index (κ3) is 7.87. The van der Waals surface area contributed by atoms with Crippen LogP contribution in [0.2, 0.25) is 0 Å². The molecule has 3 aromatic carbocycles. The van der Waals surface area contributed by atoms with Crippen LogP contribution in [0.4, 0.5) is 13.2 Å².